The van der Waals surface area contributed by atoms with Gasteiger partial charge in [-0.15, -0.1) is 0 Å². The zero-order chi connectivity index (χ0) is 29.6. The van der Waals surface area contributed by atoms with Gasteiger partial charge in [0.25, 0.3) is 0 Å². The van der Waals surface area contributed by atoms with E-state index in [9.17, 15) is 18.3 Å². The van der Waals surface area contributed by atoms with Crippen LogP contribution in [0.5, 0.6) is 5.75 Å². The van der Waals surface area contributed by atoms with Crippen LogP contribution in [0.3, 0.4) is 0 Å². The molecule has 2 aromatic carbocycles. The van der Waals surface area contributed by atoms with Crippen LogP contribution >= 0.6 is 0 Å². The van der Waals surface area contributed by atoms with Gasteiger partial charge < -0.3 is 29.8 Å². The van der Waals surface area contributed by atoms with Crippen LogP contribution in [0.1, 0.15) is 18.2 Å². The summed E-state index contributed by atoms with van der Waals surface area (Å²) in [6.45, 7) is 1.59. The Bertz CT molecular complexity index is 1570. The molecule has 0 spiro atoms. The molecule has 42 heavy (non-hydrogen) atoms. The highest BCUT2D eigenvalue weighted by molar-refractivity contribution is 7.77. The first-order valence-electron chi connectivity index (χ1n) is 13.3. The van der Waals surface area contributed by atoms with Crippen LogP contribution in [0.2, 0.25) is 0 Å². The maximum Gasteiger partial charge on any atom is 0.163 e. The summed E-state index contributed by atoms with van der Waals surface area (Å²) >= 11 is -2.54. The van der Waals surface area contributed by atoms with E-state index < -0.39 is 23.3 Å². The van der Waals surface area contributed by atoms with Gasteiger partial charge >= 0.3 is 0 Å². The molecular formula is C28H29F2N6O5S-. The van der Waals surface area contributed by atoms with E-state index in [0.29, 0.717) is 65.8 Å². The number of benzene rings is 2. The van der Waals surface area contributed by atoms with Crippen molar-refractivity contribution in [2.24, 2.45) is 0 Å². The van der Waals surface area contributed by atoms with Crippen LogP contribution in [0.4, 0.5) is 20.4 Å². The molecule has 1 aliphatic rings. The van der Waals surface area contributed by atoms with Crippen molar-refractivity contribution in [2.75, 3.05) is 56.7 Å². The fourth-order valence-electron chi connectivity index (χ4n) is 4.73. The number of aromatic nitrogens is 3. The molecule has 4 N–H and O–H groups in total. The minimum Gasteiger partial charge on any atom is -0.760 e. The number of anilines is 2. The van der Waals surface area contributed by atoms with Crippen molar-refractivity contribution >= 4 is 33.8 Å². The predicted octanol–water partition coefficient (Wildman–Crippen LogP) is 3.07. The van der Waals surface area contributed by atoms with Crippen LogP contribution in [0, 0.1) is 5.82 Å². The fourth-order valence-corrected chi connectivity index (χ4v) is 5.01. The van der Waals surface area contributed by atoms with Gasteiger partial charge in [0.2, 0.25) is 0 Å². The number of hydrogen-bond donors (Lipinski definition) is 3. The van der Waals surface area contributed by atoms with Crippen molar-refractivity contribution in [3.8, 4) is 28.3 Å². The molecule has 0 amide bonds. The van der Waals surface area contributed by atoms with Gasteiger partial charge in [0.1, 0.15) is 41.5 Å². The Balaban J connectivity index is 1.66. The van der Waals surface area contributed by atoms with E-state index in [-0.39, 0.29) is 43.1 Å². The minimum atomic E-state index is -2.54. The van der Waals surface area contributed by atoms with Crippen molar-refractivity contribution in [3.63, 3.8) is 0 Å². The molecule has 3 heterocycles. The summed E-state index contributed by atoms with van der Waals surface area (Å²) in [6, 6.07) is 11.1. The zero-order valence-corrected chi connectivity index (χ0v) is 23.3. The first kappa shape index (κ1) is 29.7. The topological polar surface area (TPSA) is 159 Å². The van der Waals surface area contributed by atoms with Gasteiger partial charge in [-0.3, -0.25) is 4.21 Å². The Morgan fingerprint density at radius 2 is 2.00 bits per heavy atom. The lowest BCUT2D eigenvalue weighted by atomic mass is 9.97. The number of aliphatic hydroxyl groups excluding tert-OH is 1. The van der Waals surface area contributed by atoms with Crippen molar-refractivity contribution < 1.29 is 32.1 Å². The van der Waals surface area contributed by atoms with Crippen molar-refractivity contribution in [1.29, 1.82) is 0 Å². The summed E-state index contributed by atoms with van der Waals surface area (Å²) in [5, 5.41) is 10.1. The number of fused-ring (bicyclic) bond motifs is 1. The molecule has 4 aromatic rings. The summed E-state index contributed by atoms with van der Waals surface area (Å²) in [5.74, 6) is 0.795. The van der Waals surface area contributed by atoms with Gasteiger partial charge in [-0.2, -0.15) is 0 Å². The standard InChI is InChI=1S/C28H30F2N6O5S/c29-22(6-7-33-42(38)39)20-3-1-2-19(25(20)30)18-14-21-26(23(15-18)41-13-10-37)34-27(17-4-5-24(31)32-16-17)35-28(21)36-8-11-40-12-9-36/h1-5,14-16,22,33,37H,6-13H2,(H2,31,32)(H,38,39)/p-1. The second-order valence-corrected chi connectivity index (χ2v) is 10.2. The molecular weight excluding hydrogens is 570 g/mol. The molecule has 222 valence electrons. The average Bonchev–Trinajstić information content (AvgIpc) is 3.00. The van der Waals surface area contributed by atoms with Crippen LogP contribution in [-0.2, 0) is 16.0 Å². The number of pyridine rings is 1. The molecule has 11 nitrogen and oxygen atoms in total. The Morgan fingerprint density at radius 1 is 1.19 bits per heavy atom. The highest BCUT2D eigenvalue weighted by Gasteiger charge is 2.23. The molecule has 1 saturated heterocycles. The van der Waals surface area contributed by atoms with E-state index in [4.69, 9.17) is 25.2 Å². The van der Waals surface area contributed by atoms with E-state index in [2.05, 4.69) is 9.71 Å². The molecule has 0 aliphatic carbocycles. The Kier molecular flexibility index (Phi) is 9.49. The summed E-state index contributed by atoms with van der Waals surface area (Å²) in [4.78, 5) is 15.8. The van der Waals surface area contributed by atoms with E-state index in [1.807, 2.05) is 4.90 Å². The largest absolute Gasteiger partial charge is 0.760 e. The molecule has 0 saturated carbocycles. The lowest BCUT2D eigenvalue weighted by Gasteiger charge is -2.29. The zero-order valence-electron chi connectivity index (χ0n) is 22.5. The smallest absolute Gasteiger partial charge is 0.163 e. The van der Waals surface area contributed by atoms with Gasteiger partial charge in [-0.05, 0) is 36.2 Å². The number of ether oxygens (including phenoxy) is 2. The molecule has 1 aliphatic heterocycles. The number of rotatable bonds is 11. The maximum atomic E-state index is 15.8. The lowest BCUT2D eigenvalue weighted by Crippen LogP contribution is -2.37. The van der Waals surface area contributed by atoms with Gasteiger partial charge in [0, 0.05) is 59.2 Å². The number of morpholine rings is 1. The number of nitrogen functional groups attached to an aromatic ring is 1. The number of alkyl halides is 1. The van der Waals surface area contributed by atoms with E-state index in [1.54, 1.807) is 30.5 Å². The summed E-state index contributed by atoms with van der Waals surface area (Å²) in [5.41, 5.74) is 7.15. The highest BCUT2D eigenvalue weighted by Crippen LogP contribution is 2.39. The first-order valence-corrected chi connectivity index (χ1v) is 14.3. The Labute approximate surface area is 243 Å². The van der Waals surface area contributed by atoms with Crippen LogP contribution < -0.4 is 20.1 Å². The molecule has 2 aromatic heterocycles. The molecule has 0 radical (unpaired) electrons. The molecule has 1 fully saturated rings. The third kappa shape index (κ3) is 6.63. The third-order valence-electron chi connectivity index (χ3n) is 6.74. The van der Waals surface area contributed by atoms with E-state index in [1.165, 1.54) is 18.2 Å². The van der Waals surface area contributed by atoms with Crippen LogP contribution in [-0.4, -0.2) is 74.9 Å². The second kappa shape index (κ2) is 13.4. The maximum absolute atomic E-state index is 15.8. The number of halogens is 2. The van der Waals surface area contributed by atoms with Crippen molar-refractivity contribution in [1.82, 2.24) is 19.7 Å². The van der Waals surface area contributed by atoms with E-state index in [0.717, 1.165) is 0 Å². The number of hydrogen-bond acceptors (Lipinski definition) is 10. The Morgan fingerprint density at radius 3 is 2.71 bits per heavy atom. The SMILES string of the molecule is Nc1ccc(-c2nc(N3CCOCC3)c3cc(-c4cccc(C(F)CCNS(=O)[O-])c4F)cc(OCCO)c3n2)cn1. The number of aliphatic hydroxyl groups is 1. The highest BCUT2D eigenvalue weighted by atomic mass is 32.2. The lowest BCUT2D eigenvalue weighted by molar-refractivity contribution is 0.122. The van der Waals surface area contributed by atoms with E-state index >= 15 is 4.39 Å². The molecule has 2 atom stereocenters. The number of nitrogens with two attached hydrogens (primary N) is 1. The fraction of sp³-hybridized carbons (Fsp3) is 0.321. The number of nitrogens with zero attached hydrogens (tertiary/aromatic N) is 4. The monoisotopic (exact) mass is 599 g/mol. The number of nitrogens with one attached hydrogen (secondary N) is 1. The van der Waals surface area contributed by atoms with Crippen LogP contribution in [0.15, 0.2) is 48.7 Å². The quantitative estimate of drug-likeness (QED) is 0.219. The van der Waals surface area contributed by atoms with Gasteiger partial charge in [-0.1, -0.05) is 18.2 Å². The predicted molar refractivity (Wildman–Crippen MR) is 154 cm³/mol. The van der Waals surface area contributed by atoms with Gasteiger partial charge in [-0.25, -0.2) is 28.5 Å². The second-order valence-electron chi connectivity index (χ2n) is 9.48. The molecule has 14 heteroatoms. The molecule has 2 unspecified atom stereocenters. The summed E-state index contributed by atoms with van der Waals surface area (Å²) < 4.78 is 65.8. The van der Waals surface area contributed by atoms with Gasteiger partial charge in [0.05, 0.1) is 19.8 Å². The average molecular weight is 600 g/mol. The first-order chi connectivity index (χ1) is 20.4. The van der Waals surface area contributed by atoms with Crippen molar-refractivity contribution in [3.05, 3.63) is 60.0 Å². The summed E-state index contributed by atoms with van der Waals surface area (Å²) in [6.07, 6.45) is -0.412. The van der Waals surface area contributed by atoms with Crippen molar-refractivity contribution in [2.45, 2.75) is 12.6 Å². The molecule has 5 rings (SSSR count). The van der Waals surface area contributed by atoms with Gasteiger partial charge in [0.15, 0.2) is 5.82 Å². The minimum absolute atomic E-state index is 0.0443. The van der Waals surface area contributed by atoms with Crippen LogP contribution in [0.25, 0.3) is 33.4 Å². The molecule has 0 bridgehead atoms. The summed E-state index contributed by atoms with van der Waals surface area (Å²) in [7, 11) is 0. The Hall–Kier alpha value is -3.82. The third-order valence-corrected chi connectivity index (χ3v) is 7.18. The normalized spacial score (nSPS) is 15.1.